The Morgan fingerprint density at radius 3 is 3.09 bits per heavy atom. The summed E-state index contributed by atoms with van der Waals surface area (Å²) >= 11 is 0. The highest BCUT2D eigenvalue weighted by atomic mass is 19.1. The van der Waals surface area contributed by atoms with Gasteiger partial charge in [0.05, 0.1) is 24.5 Å². The first-order chi connectivity index (χ1) is 11.2. The second kappa shape index (κ2) is 6.90. The third kappa shape index (κ3) is 3.58. The summed E-state index contributed by atoms with van der Waals surface area (Å²) in [4.78, 5) is 2.26. The average molecular weight is 314 g/mol. The van der Waals surface area contributed by atoms with Crippen LogP contribution in [0.4, 0.5) is 4.39 Å². The number of hydrogen-bond donors (Lipinski definition) is 0. The van der Waals surface area contributed by atoms with E-state index in [1.165, 1.54) is 6.07 Å². The molecule has 1 aliphatic rings. The van der Waals surface area contributed by atoms with Crippen LogP contribution in [-0.4, -0.2) is 34.4 Å². The van der Waals surface area contributed by atoms with E-state index in [1.54, 1.807) is 12.1 Å². The first-order valence-corrected chi connectivity index (χ1v) is 7.74. The lowest BCUT2D eigenvalue weighted by molar-refractivity contribution is -0.0329. The summed E-state index contributed by atoms with van der Waals surface area (Å²) in [5.41, 5.74) is 2.11. The van der Waals surface area contributed by atoms with E-state index in [-0.39, 0.29) is 11.7 Å². The molecule has 2 aromatic rings. The molecule has 6 heteroatoms. The van der Waals surface area contributed by atoms with Gasteiger partial charge in [-0.2, -0.15) is 10.4 Å². The molecule has 0 unspecified atom stereocenters. The standard InChI is InChI=1S/C17H19FN4O/c1-2-22-11-15(9-20-22)17-12-21(5-6-23-17)10-13-3-4-16(18)14(7-13)8-19/h3-4,7,9,11,17H,2,5-6,10,12H2,1H3/t17-/m0/s1. The molecule has 0 radical (unpaired) electrons. The molecule has 1 aliphatic heterocycles. The first-order valence-electron chi connectivity index (χ1n) is 7.74. The summed E-state index contributed by atoms with van der Waals surface area (Å²) < 4.78 is 21.1. The van der Waals surface area contributed by atoms with Crippen molar-refractivity contribution in [2.24, 2.45) is 0 Å². The molecule has 120 valence electrons. The van der Waals surface area contributed by atoms with Crippen molar-refractivity contribution < 1.29 is 9.13 Å². The van der Waals surface area contributed by atoms with Gasteiger partial charge in [0, 0.05) is 37.9 Å². The van der Waals surface area contributed by atoms with E-state index in [0.717, 1.165) is 30.8 Å². The van der Waals surface area contributed by atoms with Gasteiger partial charge in [-0.3, -0.25) is 9.58 Å². The largest absolute Gasteiger partial charge is 0.371 e. The van der Waals surface area contributed by atoms with Gasteiger partial charge in [0.25, 0.3) is 0 Å². The molecule has 5 nitrogen and oxygen atoms in total. The molecule has 0 bridgehead atoms. The SMILES string of the molecule is CCn1cc([C@@H]2CN(Cc3ccc(F)c(C#N)c3)CCO2)cn1. The Bertz CT molecular complexity index is 722. The van der Waals surface area contributed by atoms with Crippen LogP contribution in [0.25, 0.3) is 0 Å². The van der Waals surface area contributed by atoms with Gasteiger partial charge in [0.1, 0.15) is 11.9 Å². The highest BCUT2D eigenvalue weighted by Crippen LogP contribution is 2.23. The smallest absolute Gasteiger partial charge is 0.140 e. The van der Waals surface area contributed by atoms with Crippen molar-refractivity contribution in [3.8, 4) is 6.07 Å². The molecule has 0 amide bonds. The quantitative estimate of drug-likeness (QED) is 0.870. The maximum atomic E-state index is 13.4. The van der Waals surface area contributed by atoms with E-state index in [1.807, 2.05) is 30.1 Å². The molecule has 0 N–H and O–H groups in total. The van der Waals surface area contributed by atoms with Crippen LogP contribution in [0.3, 0.4) is 0 Å². The van der Waals surface area contributed by atoms with Crippen molar-refractivity contribution in [2.45, 2.75) is 26.1 Å². The number of ether oxygens (including phenoxy) is 1. The Labute approximate surface area is 134 Å². The second-order valence-corrected chi connectivity index (χ2v) is 5.65. The summed E-state index contributed by atoms with van der Waals surface area (Å²) in [5.74, 6) is -0.469. The van der Waals surface area contributed by atoms with E-state index in [2.05, 4.69) is 10.00 Å². The lowest BCUT2D eigenvalue weighted by Gasteiger charge is -2.32. The Morgan fingerprint density at radius 1 is 1.48 bits per heavy atom. The second-order valence-electron chi connectivity index (χ2n) is 5.65. The summed E-state index contributed by atoms with van der Waals surface area (Å²) in [6.45, 7) is 5.78. The minimum atomic E-state index is -0.469. The molecular weight excluding hydrogens is 295 g/mol. The number of halogens is 1. The fraction of sp³-hybridized carbons (Fsp3) is 0.412. The zero-order valence-corrected chi connectivity index (χ0v) is 13.1. The van der Waals surface area contributed by atoms with Crippen molar-refractivity contribution in [2.75, 3.05) is 19.7 Å². The zero-order chi connectivity index (χ0) is 16.2. The minimum Gasteiger partial charge on any atom is -0.371 e. The molecule has 1 saturated heterocycles. The summed E-state index contributed by atoms with van der Waals surface area (Å²) in [6.07, 6.45) is 3.86. The predicted octanol–water partition coefficient (Wildman–Crippen LogP) is 2.49. The van der Waals surface area contributed by atoms with Crippen LogP contribution in [0.5, 0.6) is 0 Å². The molecule has 23 heavy (non-hydrogen) atoms. The number of aryl methyl sites for hydroxylation is 1. The molecule has 0 aliphatic carbocycles. The van der Waals surface area contributed by atoms with Crippen molar-refractivity contribution in [3.05, 3.63) is 53.1 Å². The molecular formula is C17H19FN4O. The fourth-order valence-corrected chi connectivity index (χ4v) is 2.78. The van der Waals surface area contributed by atoms with E-state index < -0.39 is 5.82 Å². The predicted molar refractivity (Wildman–Crippen MR) is 83.0 cm³/mol. The van der Waals surface area contributed by atoms with Gasteiger partial charge in [0.15, 0.2) is 0 Å². The van der Waals surface area contributed by atoms with Crippen LogP contribution >= 0.6 is 0 Å². The van der Waals surface area contributed by atoms with E-state index in [0.29, 0.717) is 13.2 Å². The maximum absolute atomic E-state index is 13.4. The molecule has 0 spiro atoms. The number of nitriles is 1. The van der Waals surface area contributed by atoms with E-state index >= 15 is 0 Å². The van der Waals surface area contributed by atoms with Crippen LogP contribution in [0, 0.1) is 17.1 Å². The van der Waals surface area contributed by atoms with Gasteiger partial charge >= 0.3 is 0 Å². The minimum absolute atomic E-state index is 0.0000597. The van der Waals surface area contributed by atoms with Gasteiger partial charge in [-0.05, 0) is 24.6 Å². The number of nitrogens with zero attached hydrogens (tertiary/aromatic N) is 4. The lowest BCUT2D eigenvalue weighted by Crippen LogP contribution is -2.37. The van der Waals surface area contributed by atoms with E-state index in [9.17, 15) is 4.39 Å². The number of rotatable bonds is 4. The first kappa shape index (κ1) is 15.7. The highest BCUT2D eigenvalue weighted by Gasteiger charge is 2.23. The van der Waals surface area contributed by atoms with Crippen LogP contribution < -0.4 is 0 Å². The highest BCUT2D eigenvalue weighted by molar-refractivity contribution is 5.34. The van der Waals surface area contributed by atoms with E-state index in [4.69, 9.17) is 10.00 Å². The topological polar surface area (TPSA) is 54.1 Å². The monoisotopic (exact) mass is 314 g/mol. The third-order valence-electron chi connectivity index (χ3n) is 4.06. The zero-order valence-electron chi connectivity index (χ0n) is 13.1. The molecule has 0 saturated carbocycles. The van der Waals surface area contributed by atoms with Crippen molar-refractivity contribution >= 4 is 0 Å². The summed E-state index contributed by atoms with van der Waals surface area (Å²) in [6, 6.07) is 6.60. The van der Waals surface area contributed by atoms with Crippen LogP contribution in [0.15, 0.2) is 30.6 Å². The molecule has 1 aromatic carbocycles. The Kier molecular flexibility index (Phi) is 4.70. The van der Waals surface area contributed by atoms with Gasteiger partial charge < -0.3 is 4.74 Å². The molecule has 3 rings (SSSR count). The van der Waals surface area contributed by atoms with Gasteiger partial charge in [-0.15, -0.1) is 0 Å². The Morgan fingerprint density at radius 2 is 2.35 bits per heavy atom. The molecule has 1 atom stereocenters. The average Bonchev–Trinajstić information content (AvgIpc) is 3.06. The molecule has 1 fully saturated rings. The molecule has 1 aromatic heterocycles. The lowest BCUT2D eigenvalue weighted by atomic mass is 10.1. The number of benzene rings is 1. The Balaban J connectivity index is 1.68. The van der Waals surface area contributed by atoms with Crippen molar-refractivity contribution in [1.29, 1.82) is 5.26 Å². The number of aromatic nitrogens is 2. The Hall–Kier alpha value is -2.23. The summed E-state index contributed by atoms with van der Waals surface area (Å²) in [7, 11) is 0. The van der Waals surface area contributed by atoms with Crippen LogP contribution in [-0.2, 0) is 17.8 Å². The van der Waals surface area contributed by atoms with Crippen LogP contribution in [0.2, 0.25) is 0 Å². The molecule has 2 heterocycles. The van der Waals surface area contributed by atoms with Crippen LogP contribution in [0.1, 0.15) is 29.7 Å². The normalized spacial score (nSPS) is 18.7. The van der Waals surface area contributed by atoms with Gasteiger partial charge in [-0.25, -0.2) is 4.39 Å². The number of hydrogen-bond acceptors (Lipinski definition) is 4. The fourth-order valence-electron chi connectivity index (χ4n) is 2.78. The van der Waals surface area contributed by atoms with Gasteiger partial charge in [-0.1, -0.05) is 6.07 Å². The summed E-state index contributed by atoms with van der Waals surface area (Å²) in [5, 5.41) is 13.2. The van der Waals surface area contributed by atoms with Crippen molar-refractivity contribution in [3.63, 3.8) is 0 Å². The third-order valence-corrected chi connectivity index (χ3v) is 4.06. The van der Waals surface area contributed by atoms with Gasteiger partial charge in [0.2, 0.25) is 0 Å². The van der Waals surface area contributed by atoms with Crippen molar-refractivity contribution in [1.82, 2.24) is 14.7 Å². The number of morpholine rings is 1. The maximum Gasteiger partial charge on any atom is 0.140 e.